The van der Waals surface area contributed by atoms with Crippen molar-refractivity contribution in [3.8, 4) is 6.07 Å². The Morgan fingerprint density at radius 1 is 1.22 bits per heavy atom. The summed E-state index contributed by atoms with van der Waals surface area (Å²) < 4.78 is 3.20. The summed E-state index contributed by atoms with van der Waals surface area (Å²) in [4.78, 5) is 2.20. The van der Waals surface area contributed by atoms with Crippen LogP contribution in [-0.4, -0.2) is 26.2 Å². The summed E-state index contributed by atoms with van der Waals surface area (Å²) >= 11 is 5.09. The number of allylic oxidation sites excluding steroid dienone is 1. The Balaban J connectivity index is 1.74. The second-order valence-corrected chi connectivity index (χ2v) is 8.34. The predicted octanol–water partition coefficient (Wildman–Crippen LogP) is 5.03. The molecule has 27 heavy (non-hydrogen) atoms. The summed E-state index contributed by atoms with van der Waals surface area (Å²) in [5, 5.41) is 21.8. The van der Waals surface area contributed by atoms with Gasteiger partial charge in [-0.15, -0.1) is 10.2 Å². The third-order valence-corrected chi connectivity index (χ3v) is 6.45. The summed E-state index contributed by atoms with van der Waals surface area (Å²) in [7, 11) is 0. The van der Waals surface area contributed by atoms with Crippen molar-refractivity contribution in [1.82, 2.24) is 19.7 Å². The second kappa shape index (κ2) is 7.91. The molecule has 0 spiro atoms. The summed E-state index contributed by atoms with van der Waals surface area (Å²) in [6.07, 6.45) is 4.39. The van der Waals surface area contributed by atoms with Crippen LogP contribution in [0.25, 0.3) is 11.3 Å². The number of fused-ring (bicyclic) bond motifs is 1. The quantitative estimate of drug-likeness (QED) is 0.625. The molecular formula is C20H20BrN5S. The Bertz CT molecular complexity index is 952. The van der Waals surface area contributed by atoms with E-state index in [1.165, 1.54) is 6.42 Å². The molecule has 0 amide bonds. The van der Waals surface area contributed by atoms with Crippen LogP contribution in [0.4, 0.5) is 0 Å². The number of benzene rings is 1. The molecule has 3 heterocycles. The minimum Gasteiger partial charge on any atom is -0.334 e. The molecule has 1 aromatic carbocycles. The predicted molar refractivity (Wildman–Crippen MR) is 112 cm³/mol. The molecule has 7 heteroatoms. The highest BCUT2D eigenvalue weighted by Crippen LogP contribution is 2.43. The van der Waals surface area contributed by atoms with E-state index in [4.69, 9.17) is 0 Å². The van der Waals surface area contributed by atoms with Gasteiger partial charge in [-0.3, -0.25) is 0 Å². The van der Waals surface area contributed by atoms with E-state index in [1.807, 2.05) is 12.1 Å². The van der Waals surface area contributed by atoms with Gasteiger partial charge in [-0.1, -0.05) is 46.2 Å². The molecule has 0 aliphatic carbocycles. The second-order valence-electron chi connectivity index (χ2n) is 6.57. The molecule has 0 atom stereocenters. The zero-order chi connectivity index (χ0) is 18.8. The van der Waals surface area contributed by atoms with Crippen molar-refractivity contribution in [3.05, 3.63) is 56.4 Å². The van der Waals surface area contributed by atoms with Crippen LogP contribution >= 0.6 is 27.7 Å². The first-order valence-electron chi connectivity index (χ1n) is 9.20. The van der Waals surface area contributed by atoms with Gasteiger partial charge in [-0.25, -0.2) is 0 Å². The number of halogens is 1. The van der Waals surface area contributed by atoms with Gasteiger partial charge >= 0.3 is 0 Å². The molecule has 2 aliphatic heterocycles. The van der Waals surface area contributed by atoms with Crippen LogP contribution < -0.4 is 0 Å². The average Bonchev–Trinajstić information content (AvgIpc) is 3.20. The van der Waals surface area contributed by atoms with Crippen LogP contribution in [0.1, 0.15) is 43.4 Å². The van der Waals surface area contributed by atoms with Crippen molar-refractivity contribution < 1.29 is 0 Å². The van der Waals surface area contributed by atoms with Gasteiger partial charge in [0.2, 0.25) is 0 Å². The van der Waals surface area contributed by atoms with E-state index in [-0.39, 0.29) is 0 Å². The van der Waals surface area contributed by atoms with Crippen molar-refractivity contribution in [3.63, 3.8) is 0 Å². The molecule has 0 bridgehead atoms. The molecular weight excluding hydrogens is 422 g/mol. The number of hydrogen-bond acceptors (Lipinski definition) is 5. The number of thioether (sulfide) groups is 1. The van der Waals surface area contributed by atoms with Gasteiger partial charge < -0.3 is 9.47 Å². The molecule has 1 aromatic heterocycles. The largest absolute Gasteiger partial charge is 0.334 e. The van der Waals surface area contributed by atoms with Crippen molar-refractivity contribution >= 4 is 39.0 Å². The van der Waals surface area contributed by atoms with E-state index in [1.54, 1.807) is 11.8 Å². The number of hydrogen-bond donors (Lipinski definition) is 0. The van der Waals surface area contributed by atoms with E-state index < -0.39 is 0 Å². The van der Waals surface area contributed by atoms with Crippen molar-refractivity contribution in [2.45, 2.75) is 39.2 Å². The van der Waals surface area contributed by atoms with Crippen LogP contribution in [0.3, 0.4) is 0 Å². The molecule has 0 N–H and O–H groups in total. The van der Waals surface area contributed by atoms with Gasteiger partial charge in [0.05, 0.1) is 5.70 Å². The van der Waals surface area contributed by atoms with E-state index in [0.29, 0.717) is 11.4 Å². The van der Waals surface area contributed by atoms with Crippen LogP contribution in [0.15, 0.2) is 39.2 Å². The zero-order valence-corrected chi connectivity index (χ0v) is 17.6. The third-order valence-electron chi connectivity index (χ3n) is 4.93. The van der Waals surface area contributed by atoms with Gasteiger partial charge in [0.15, 0.2) is 5.82 Å². The first kappa shape index (κ1) is 18.3. The van der Waals surface area contributed by atoms with Crippen molar-refractivity contribution in [2.24, 2.45) is 0 Å². The van der Waals surface area contributed by atoms with Gasteiger partial charge in [-0.05, 0) is 37.5 Å². The fraction of sp³-hybridized carbons (Fsp3) is 0.350. The third kappa shape index (κ3) is 3.44. The van der Waals surface area contributed by atoms with Crippen molar-refractivity contribution in [2.75, 3.05) is 6.54 Å². The van der Waals surface area contributed by atoms with Crippen LogP contribution in [0, 0.1) is 11.3 Å². The maximum absolute atomic E-state index is 9.98. The summed E-state index contributed by atoms with van der Waals surface area (Å²) in [5.74, 6) is 1.71. The Morgan fingerprint density at radius 2 is 2.04 bits per heavy atom. The molecule has 2 aromatic rings. The Morgan fingerprint density at radius 3 is 2.78 bits per heavy atom. The number of nitriles is 1. The average molecular weight is 442 g/mol. The lowest BCUT2D eigenvalue weighted by Gasteiger charge is -2.23. The molecule has 0 unspecified atom stereocenters. The van der Waals surface area contributed by atoms with E-state index in [9.17, 15) is 5.26 Å². The topological polar surface area (TPSA) is 57.7 Å². The fourth-order valence-electron chi connectivity index (χ4n) is 3.56. The number of nitrogens with zero attached hydrogens (tertiary/aromatic N) is 5. The van der Waals surface area contributed by atoms with Crippen molar-refractivity contribution in [1.29, 1.82) is 5.26 Å². The fourth-order valence-corrected chi connectivity index (χ4v) is 4.92. The highest BCUT2D eigenvalue weighted by Gasteiger charge is 2.28. The number of aryl methyl sites for hydroxylation is 1. The lowest BCUT2D eigenvalue weighted by Crippen LogP contribution is -2.18. The first-order valence-corrected chi connectivity index (χ1v) is 10.9. The van der Waals surface area contributed by atoms with Crippen LogP contribution in [0.5, 0.6) is 0 Å². The molecule has 2 aliphatic rings. The molecule has 0 radical (unpaired) electrons. The smallest absolute Gasteiger partial charge is 0.177 e. The maximum Gasteiger partial charge on any atom is 0.177 e. The van der Waals surface area contributed by atoms with E-state index in [0.717, 1.165) is 58.9 Å². The lowest BCUT2D eigenvalue weighted by atomic mass is 10.1. The number of rotatable bonds is 3. The van der Waals surface area contributed by atoms with Gasteiger partial charge in [0.25, 0.3) is 0 Å². The van der Waals surface area contributed by atoms with Crippen LogP contribution in [-0.2, 0) is 13.0 Å². The molecule has 138 valence electrons. The highest BCUT2D eigenvalue weighted by atomic mass is 79.9. The Kier molecular flexibility index (Phi) is 5.37. The SMILES string of the molecule is CCN1C(c2ccc(Br)cc2)=CS/C1=C(\C#N)c1nnc2n1CCCCC2. The molecule has 5 nitrogen and oxygen atoms in total. The molecule has 0 saturated heterocycles. The van der Waals surface area contributed by atoms with Gasteiger partial charge in [0.1, 0.15) is 22.5 Å². The Hall–Kier alpha value is -2.04. The van der Waals surface area contributed by atoms with E-state index >= 15 is 0 Å². The van der Waals surface area contributed by atoms with E-state index in [2.05, 4.69) is 66.1 Å². The molecule has 4 rings (SSSR count). The monoisotopic (exact) mass is 441 g/mol. The van der Waals surface area contributed by atoms with Crippen LogP contribution in [0.2, 0.25) is 0 Å². The molecule has 0 fully saturated rings. The summed E-state index contributed by atoms with van der Waals surface area (Å²) in [6, 6.07) is 10.7. The zero-order valence-electron chi connectivity index (χ0n) is 15.2. The van der Waals surface area contributed by atoms with Gasteiger partial charge in [0, 0.05) is 29.4 Å². The van der Waals surface area contributed by atoms with Gasteiger partial charge in [-0.2, -0.15) is 5.26 Å². The lowest BCUT2D eigenvalue weighted by molar-refractivity contribution is 0.556. The Labute approximate surface area is 171 Å². The minimum absolute atomic E-state index is 0.617. The highest BCUT2D eigenvalue weighted by molar-refractivity contribution is 9.10. The normalized spacial score (nSPS) is 18.6. The minimum atomic E-state index is 0.617. The summed E-state index contributed by atoms with van der Waals surface area (Å²) in [5.41, 5.74) is 2.87. The summed E-state index contributed by atoms with van der Waals surface area (Å²) in [6.45, 7) is 3.79. The molecule has 0 saturated carbocycles. The number of aromatic nitrogens is 3. The first-order chi connectivity index (χ1) is 13.2. The maximum atomic E-state index is 9.98. The standard InChI is InChI=1S/C20H20BrN5S/c1-2-25-17(14-7-9-15(21)10-8-14)13-27-20(25)16(12-22)19-24-23-18-6-4-3-5-11-26(18)19/h7-10,13H,2-6,11H2,1H3/b20-16+.